The third-order valence-corrected chi connectivity index (χ3v) is 7.34. The minimum absolute atomic E-state index is 0.0956. The van der Waals surface area contributed by atoms with Crippen LogP contribution < -0.4 is 16.6 Å². The molecule has 0 saturated heterocycles. The number of aromatic nitrogens is 2. The molecule has 1 N–H and O–H groups in total. The number of fused-ring (bicyclic) bond motifs is 3. The molecule has 0 atom stereocenters. The number of hydrogen-bond acceptors (Lipinski definition) is 4. The number of carbonyl (C=O) groups is 1. The van der Waals surface area contributed by atoms with Gasteiger partial charge in [-0.2, -0.15) is 0 Å². The van der Waals surface area contributed by atoms with E-state index in [-0.39, 0.29) is 30.6 Å². The lowest BCUT2D eigenvalue weighted by Gasteiger charge is -2.23. The molecule has 0 aliphatic heterocycles. The fraction of sp³-hybridized carbons (Fsp3) is 0.320. The van der Waals surface area contributed by atoms with Crippen LogP contribution in [-0.4, -0.2) is 21.1 Å². The molecule has 1 amide bonds. The molecule has 0 unspecified atom stereocenters. The molecule has 7 heteroatoms. The molecular weight excluding hydrogens is 422 g/mol. The van der Waals surface area contributed by atoms with Crippen molar-refractivity contribution in [3.05, 3.63) is 81.0 Å². The van der Waals surface area contributed by atoms with Crippen LogP contribution >= 0.6 is 11.3 Å². The SMILES string of the molecule is O=C(Cn1c(=O)n(Cc2ccccc2)c(=O)c2sc3ccccc3c21)NC1CCCCC1. The number of amides is 1. The predicted molar refractivity (Wildman–Crippen MR) is 128 cm³/mol. The summed E-state index contributed by atoms with van der Waals surface area (Å²) in [6.45, 7) is 0.0779. The highest BCUT2D eigenvalue weighted by Crippen LogP contribution is 2.30. The Morgan fingerprint density at radius 2 is 1.66 bits per heavy atom. The monoisotopic (exact) mass is 447 g/mol. The first-order valence-electron chi connectivity index (χ1n) is 11.1. The van der Waals surface area contributed by atoms with E-state index in [1.807, 2.05) is 54.6 Å². The van der Waals surface area contributed by atoms with Gasteiger partial charge in [-0.25, -0.2) is 4.79 Å². The average molecular weight is 448 g/mol. The summed E-state index contributed by atoms with van der Waals surface area (Å²) in [7, 11) is 0. The van der Waals surface area contributed by atoms with Crippen LogP contribution in [0.4, 0.5) is 0 Å². The molecular formula is C25H25N3O3S. The first-order valence-corrected chi connectivity index (χ1v) is 11.9. The van der Waals surface area contributed by atoms with Crippen molar-refractivity contribution in [2.24, 2.45) is 0 Å². The van der Waals surface area contributed by atoms with E-state index in [0.717, 1.165) is 41.3 Å². The largest absolute Gasteiger partial charge is 0.352 e. The van der Waals surface area contributed by atoms with Gasteiger partial charge in [-0.1, -0.05) is 67.8 Å². The standard InChI is InChI=1S/C25H25N3O3S/c29-21(26-18-11-5-2-6-12-18)16-27-22-19-13-7-8-14-20(19)32-23(22)24(30)28(25(27)31)15-17-9-3-1-4-10-17/h1,3-4,7-10,13-14,18H,2,5-6,11-12,15-16H2,(H,26,29). The number of rotatable bonds is 5. The van der Waals surface area contributed by atoms with E-state index in [1.165, 1.54) is 26.9 Å². The summed E-state index contributed by atoms with van der Waals surface area (Å²) in [5.74, 6) is -0.180. The Morgan fingerprint density at radius 1 is 0.938 bits per heavy atom. The first kappa shape index (κ1) is 20.7. The topological polar surface area (TPSA) is 73.1 Å². The number of carbonyl (C=O) groups excluding carboxylic acids is 1. The molecule has 6 nitrogen and oxygen atoms in total. The van der Waals surface area contributed by atoms with Crippen LogP contribution in [0.25, 0.3) is 20.3 Å². The number of thiophene rings is 1. The Bertz CT molecular complexity index is 1400. The lowest BCUT2D eigenvalue weighted by atomic mass is 9.95. The molecule has 2 heterocycles. The fourth-order valence-electron chi connectivity index (χ4n) is 4.61. The molecule has 4 aromatic rings. The van der Waals surface area contributed by atoms with E-state index in [4.69, 9.17) is 0 Å². The predicted octanol–water partition coefficient (Wildman–Crippen LogP) is 3.88. The minimum Gasteiger partial charge on any atom is -0.352 e. The highest BCUT2D eigenvalue weighted by molar-refractivity contribution is 7.25. The van der Waals surface area contributed by atoms with E-state index in [1.54, 1.807) is 0 Å². The lowest BCUT2D eigenvalue weighted by molar-refractivity contribution is -0.122. The average Bonchev–Trinajstić information content (AvgIpc) is 3.21. The van der Waals surface area contributed by atoms with E-state index in [0.29, 0.717) is 10.2 Å². The van der Waals surface area contributed by atoms with Crippen LogP contribution in [0.15, 0.2) is 64.2 Å². The summed E-state index contributed by atoms with van der Waals surface area (Å²) < 4.78 is 4.17. The van der Waals surface area contributed by atoms with Crippen molar-refractivity contribution in [1.82, 2.24) is 14.5 Å². The molecule has 2 aromatic heterocycles. The summed E-state index contributed by atoms with van der Waals surface area (Å²) in [6, 6.07) is 17.3. The number of benzene rings is 2. The van der Waals surface area contributed by atoms with Gasteiger partial charge in [0.15, 0.2) is 0 Å². The molecule has 1 aliphatic rings. The van der Waals surface area contributed by atoms with Gasteiger partial charge in [0.1, 0.15) is 11.2 Å². The van der Waals surface area contributed by atoms with Crippen molar-refractivity contribution in [2.75, 3.05) is 0 Å². The zero-order valence-corrected chi connectivity index (χ0v) is 18.6. The fourth-order valence-corrected chi connectivity index (χ4v) is 5.77. The van der Waals surface area contributed by atoms with Gasteiger partial charge in [-0.05, 0) is 24.5 Å². The van der Waals surface area contributed by atoms with Crippen molar-refractivity contribution in [2.45, 2.75) is 51.2 Å². The van der Waals surface area contributed by atoms with Crippen molar-refractivity contribution in [3.63, 3.8) is 0 Å². The molecule has 1 aliphatic carbocycles. The summed E-state index contributed by atoms with van der Waals surface area (Å²) in [5, 5.41) is 3.93. The smallest absolute Gasteiger partial charge is 0.332 e. The van der Waals surface area contributed by atoms with Gasteiger partial charge in [0.05, 0.1) is 12.1 Å². The molecule has 0 radical (unpaired) electrons. The molecule has 2 aromatic carbocycles. The molecule has 164 valence electrons. The maximum absolute atomic E-state index is 13.5. The zero-order chi connectivity index (χ0) is 22.1. The van der Waals surface area contributed by atoms with Gasteiger partial charge in [-0.15, -0.1) is 11.3 Å². The molecule has 1 saturated carbocycles. The Morgan fingerprint density at radius 3 is 2.44 bits per heavy atom. The maximum atomic E-state index is 13.5. The number of hydrogen-bond donors (Lipinski definition) is 1. The molecule has 32 heavy (non-hydrogen) atoms. The third-order valence-electron chi connectivity index (χ3n) is 6.20. The Kier molecular flexibility index (Phi) is 5.66. The summed E-state index contributed by atoms with van der Waals surface area (Å²) in [4.78, 5) is 39.8. The van der Waals surface area contributed by atoms with Gasteiger partial charge in [0.25, 0.3) is 5.56 Å². The molecule has 5 rings (SSSR count). The highest BCUT2D eigenvalue weighted by atomic mass is 32.1. The van der Waals surface area contributed by atoms with E-state index in [9.17, 15) is 14.4 Å². The van der Waals surface area contributed by atoms with Crippen LogP contribution in [-0.2, 0) is 17.9 Å². The van der Waals surface area contributed by atoms with Crippen LogP contribution in [0.5, 0.6) is 0 Å². The Balaban J connectivity index is 1.62. The molecule has 0 bridgehead atoms. The van der Waals surface area contributed by atoms with Gasteiger partial charge >= 0.3 is 5.69 Å². The van der Waals surface area contributed by atoms with Crippen LogP contribution in [0.1, 0.15) is 37.7 Å². The Hall–Kier alpha value is -3.19. The first-order chi connectivity index (χ1) is 15.6. The quantitative estimate of drug-likeness (QED) is 0.505. The lowest BCUT2D eigenvalue weighted by Crippen LogP contribution is -2.44. The van der Waals surface area contributed by atoms with E-state index < -0.39 is 5.69 Å². The van der Waals surface area contributed by atoms with Gasteiger partial charge in [0.2, 0.25) is 5.91 Å². The number of nitrogens with zero attached hydrogens (tertiary/aromatic N) is 2. The second-order valence-electron chi connectivity index (χ2n) is 8.42. The van der Waals surface area contributed by atoms with Gasteiger partial charge in [-0.3, -0.25) is 18.7 Å². The van der Waals surface area contributed by atoms with Crippen molar-refractivity contribution in [3.8, 4) is 0 Å². The van der Waals surface area contributed by atoms with Gasteiger partial charge < -0.3 is 5.32 Å². The van der Waals surface area contributed by atoms with E-state index in [2.05, 4.69) is 5.32 Å². The number of nitrogens with one attached hydrogen (secondary N) is 1. The van der Waals surface area contributed by atoms with Crippen LogP contribution in [0, 0.1) is 0 Å². The molecule has 0 spiro atoms. The van der Waals surface area contributed by atoms with Crippen molar-refractivity contribution >= 4 is 37.5 Å². The minimum atomic E-state index is -0.450. The summed E-state index contributed by atoms with van der Waals surface area (Å²) in [6.07, 6.45) is 5.40. The third kappa shape index (κ3) is 3.88. The molecule has 1 fully saturated rings. The van der Waals surface area contributed by atoms with Crippen LogP contribution in [0.3, 0.4) is 0 Å². The maximum Gasteiger partial charge on any atom is 0.332 e. The normalized spacial score (nSPS) is 14.8. The van der Waals surface area contributed by atoms with Crippen LogP contribution in [0.2, 0.25) is 0 Å². The summed E-state index contributed by atoms with van der Waals surface area (Å²) in [5.41, 5.74) is 0.668. The van der Waals surface area contributed by atoms with Crippen molar-refractivity contribution in [1.29, 1.82) is 0 Å². The van der Waals surface area contributed by atoms with Crippen molar-refractivity contribution < 1.29 is 4.79 Å². The van der Waals surface area contributed by atoms with E-state index >= 15 is 0 Å². The second kappa shape index (κ2) is 8.74. The summed E-state index contributed by atoms with van der Waals surface area (Å²) >= 11 is 1.37. The highest BCUT2D eigenvalue weighted by Gasteiger charge is 2.21. The second-order valence-corrected chi connectivity index (χ2v) is 9.48. The van der Waals surface area contributed by atoms with Gasteiger partial charge in [0, 0.05) is 16.1 Å². The Labute approximate surface area is 189 Å². The zero-order valence-electron chi connectivity index (χ0n) is 17.8.